The third kappa shape index (κ3) is 8.79. The highest BCUT2D eigenvalue weighted by Gasteiger charge is 2.35. The lowest BCUT2D eigenvalue weighted by Crippen LogP contribution is -2.04. The molecule has 1 heteroatoms. The highest BCUT2D eigenvalue weighted by molar-refractivity contribution is 5.33. The zero-order chi connectivity index (χ0) is 18.3. The fraction of sp³-hybridized carbons (Fsp3) is 0.750. The lowest BCUT2D eigenvalue weighted by Gasteiger charge is -2.17. The summed E-state index contributed by atoms with van der Waals surface area (Å²) < 4.78 is 0. The van der Waals surface area contributed by atoms with Gasteiger partial charge in [-0.25, -0.2) is 0 Å². The standard InChI is InChI=1S/C24H40O/c1-23(2,3)13-9-5-7-11-20-17-21(19-22(25)18-20)12-8-6-10-14-24(4)15-16-24/h17-19,25H,5-16H2,1-4H3. The molecular formula is C24H40O. The van der Waals surface area contributed by atoms with Crippen molar-refractivity contribution in [3.8, 4) is 5.75 Å². The minimum absolute atomic E-state index is 0.452. The average Bonchev–Trinajstić information content (AvgIpc) is 3.23. The van der Waals surface area contributed by atoms with Crippen LogP contribution in [0.3, 0.4) is 0 Å². The maximum Gasteiger partial charge on any atom is 0.116 e. The quantitative estimate of drug-likeness (QED) is 0.413. The van der Waals surface area contributed by atoms with Crippen molar-refractivity contribution in [2.45, 2.75) is 105 Å². The van der Waals surface area contributed by atoms with E-state index < -0.39 is 0 Å². The van der Waals surface area contributed by atoms with Crippen molar-refractivity contribution in [3.63, 3.8) is 0 Å². The molecule has 0 aromatic heterocycles. The summed E-state index contributed by atoms with van der Waals surface area (Å²) in [4.78, 5) is 0. The van der Waals surface area contributed by atoms with Gasteiger partial charge >= 0.3 is 0 Å². The predicted molar refractivity (Wildman–Crippen MR) is 109 cm³/mol. The van der Waals surface area contributed by atoms with E-state index in [0.29, 0.717) is 16.6 Å². The van der Waals surface area contributed by atoms with E-state index in [-0.39, 0.29) is 0 Å². The molecule has 0 unspecified atom stereocenters. The molecule has 1 aliphatic carbocycles. The topological polar surface area (TPSA) is 20.2 Å². The Kier molecular flexibility index (Phi) is 7.40. The van der Waals surface area contributed by atoms with Crippen LogP contribution in [0.4, 0.5) is 0 Å². The first-order valence-corrected chi connectivity index (χ1v) is 10.6. The van der Waals surface area contributed by atoms with Crippen molar-refractivity contribution < 1.29 is 5.11 Å². The number of hydrogen-bond donors (Lipinski definition) is 1. The third-order valence-electron chi connectivity index (χ3n) is 5.78. The van der Waals surface area contributed by atoms with Gasteiger partial charge in [0.2, 0.25) is 0 Å². The van der Waals surface area contributed by atoms with Gasteiger partial charge in [0.1, 0.15) is 5.75 Å². The molecule has 0 aliphatic heterocycles. The molecule has 0 bridgehead atoms. The fourth-order valence-corrected chi connectivity index (χ4v) is 3.71. The Labute approximate surface area is 156 Å². The lowest BCUT2D eigenvalue weighted by atomic mass is 9.89. The molecule has 1 nitrogen and oxygen atoms in total. The minimum Gasteiger partial charge on any atom is -0.508 e. The molecule has 142 valence electrons. The van der Waals surface area contributed by atoms with Crippen LogP contribution in [0.1, 0.15) is 103 Å². The van der Waals surface area contributed by atoms with Gasteiger partial charge in [-0.15, -0.1) is 0 Å². The van der Waals surface area contributed by atoms with Crippen LogP contribution in [0, 0.1) is 10.8 Å². The van der Waals surface area contributed by atoms with E-state index in [0.717, 1.165) is 12.8 Å². The van der Waals surface area contributed by atoms with Gasteiger partial charge in [-0.2, -0.15) is 0 Å². The van der Waals surface area contributed by atoms with Crippen LogP contribution in [0.5, 0.6) is 5.75 Å². The predicted octanol–water partition coefficient (Wildman–Crippen LogP) is 7.44. The van der Waals surface area contributed by atoms with Crippen molar-refractivity contribution in [2.24, 2.45) is 10.8 Å². The van der Waals surface area contributed by atoms with Crippen molar-refractivity contribution >= 4 is 0 Å². The first kappa shape index (κ1) is 20.3. The molecule has 1 aromatic rings. The summed E-state index contributed by atoms with van der Waals surface area (Å²) in [6.45, 7) is 9.38. The van der Waals surface area contributed by atoms with E-state index in [1.807, 2.05) is 12.1 Å². The van der Waals surface area contributed by atoms with Gasteiger partial charge in [-0.05, 0) is 85.5 Å². The van der Waals surface area contributed by atoms with Crippen LogP contribution in [-0.2, 0) is 12.8 Å². The lowest BCUT2D eigenvalue weighted by molar-refractivity contribution is 0.358. The van der Waals surface area contributed by atoms with Crippen molar-refractivity contribution in [2.75, 3.05) is 0 Å². The highest BCUT2D eigenvalue weighted by Crippen LogP contribution is 2.49. The third-order valence-corrected chi connectivity index (χ3v) is 5.78. The Bertz CT molecular complexity index is 486. The average molecular weight is 345 g/mol. The summed E-state index contributed by atoms with van der Waals surface area (Å²) in [5.74, 6) is 0.452. The van der Waals surface area contributed by atoms with Crippen LogP contribution in [0.2, 0.25) is 0 Å². The Morgan fingerprint density at radius 1 is 0.840 bits per heavy atom. The van der Waals surface area contributed by atoms with E-state index >= 15 is 0 Å². The molecule has 0 saturated heterocycles. The van der Waals surface area contributed by atoms with E-state index in [4.69, 9.17) is 0 Å². The van der Waals surface area contributed by atoms with Gasteiger partial charge < -0.3 is 5.11 Å². The second-order valence-corrected chi connectivity index (χ2v) is 10.0. The number of aromatic hydroxyl groups is 1. The smallest absolute Gasteiger partial charge is 0.116 e. The van der Waals surface area contributed by atoms with Gasteiger partial charge in [0.25, 0.3) is 0 Å². The second-order valence-electron chi connectivity index (χ2n) is 10.0. The van der Waals surface area contributed by atoms with E-state index in [9.17, 15) is 5.11 Å². The Morgan fingerprint density at radius 3 is 1.92 bits per heavy atom. The largest absolute Gasteiger partial charge is 0.508 e. The summed E-state index contributed by atoms with van der Waals surface area (Å²) in [7, 11) is 0. The zero-order valence-electron chi connectivity index (χ0n) is 17.2. The van der Waals surface area contributed by atoms with Crippen LogP contribution in [0.15, 0.2) is 18.2 Å². The summed E-state index contributed by atoms with van der Waals surface area (Å²) in [6, 6.07) is 6.25. The number of aryl methyl sites for hydroxylation is 2. The van der Waals surface area contributed by atoms with Crippen LogP contribution in [-0.4, -0.2) is 5.11 Å². The van der Waals surface area contributed by atoms with Gasteiger partial charge in [-0.1, -0.05) is 59.4 Å². The van der Waals surface area contributed by atoms with Crippen molar-refractivity contribution in [1.82, 2.24) is 0 Å². The van der Waals surface area contributed by atoms with Crippen LogP contribution in [0.25, 0.3) is 0 Å². The van der Waals surface area contributed by atoms with E-state index in [1.165, 1.54) is 75.3 Å². The molecule has 0 radical (unpaired) electrons. The Balaban J connectivity index is 1.66. The molecule has 0 heterocycles. The van der Waals surface area contributed by atoms with Gasteiger partial charge in [-0.3, -0.25) is 0 Å². The summed E-state index contributed by atoms with van der Waals surface area (Å²) in [5, 5.41) is 10.0. The van der Waals surface area contributed by atoms with Gasteiger partial charge in [0.15, 0.2) is 0 Å². The van der Waals surface area contributed by atoms with Crippen LogP contribution >= 0.6 is 0 Å². The fourth-order valence-electron chi connectivity index (χ4n) is 3.71. The maximum atomic E-state index is 10.0. The van der Waals surface area contributed by atoms with Crippen LogP contribution < -0.4 is 0 Å². The molecule has 0 spiro atoms. The molecule has 1 N–H and O–H groups in total. The minimum atomic E-state index is 0.452. The molecule has 1 aromatic carbocycles. The zero-order valence-corrected chi connectivity index (χ0v) is 17.2. The molecular weight excluding hydrogens is 304 g/mol. The summed E-state index contributed by atoms with van der Waals surface area (Å²) in [6.07, 6.45) is 15.6. The molecule has 0 atom stereocenters. The van der Waals surface area contributed by atoms with Crippen molar-refractivity contribution in [1.29, 1.82) is 0 Å². The van der Waals surface area contributed by atoms with Gasteiger partial charge in [0.05, 0.1) is 0 Å². The van der Waals surface area contributed by atoms with Gasteiger partial charge in [0, 0.05) is 0 Å². The monoisotopic (exact) mass is 344 g/mol. The van der Waals surface area contributed by atoms with E-state index in [2.05, 4.69) is 33.8 Å². The molecule has 0 amide bonds. The number of phenolic OH excluding ortho intramolecular Hbond substituents is 1. The normalized spacial score (nSPS) is 16.2. The second kappa shape index (κ2) is 9.10. The Hall–Kier alpha value is -0.980. The number of hydrogen-bond acceptors (Lipinski definition) is 1. The number of phenols is 1. The SMILES string of the molecule is CC(C)(C)CCCCCc1cc(O)cc(CCCCCC2(C)CC2)c1. The summed E-state index contributed by atoms with van der Waals surface area (Å²) in [5.41, 5.74) is 3.79. The number of unbranched alkanes of at least 4 members (excludes halogenated alkanes) is 4. The summed E-state index contributed by atoms with van der Waals surface area (Å²) >= 11 is 0. The molecule has 2 rings (SSSR count). The highest BCUT2D eigenvalue weighted by atomic mass is 16.3. The number of rotatable bonds is 11. The maximum absolute atomic E-state index is 10.0. The molecule has 1 saturated carbocycles. The molecule has 1 aliphatic rings. The molecule has 1 fully saturated rings. The van der Waals surface area contributed by atoms with Crippen molar-refractivity contribution in [3.05, 3.63) is 29.3 Å². The number of benzene rings is 1. The molecule has 25 heavy (non-hydrogen) atoms. The first-order valence-electron chi connectivity index (χ1n) is 10.6. The first-order chi connectivity index (χ1) is 11.8. The Morgan fingerprint density at radius 2 is 1.40 bits per heavy atom. The van der Waals surface area contributed by atoms with E-state index in [1.54, 1.807) is 0 Å².